The summed E-state index contributed by atoms with van der Waals surface area (Å²) in [5.41, 5.74) is 0.292. The van der Waals surface area contributed by atoms with Crippen LogP contribution in [0, 0.1) is 10.8 Å². The molecule has 0 aromatic carbocycles. The van der Waals surface area contributed by atoms with Crippen molar-refractivity contribution in [1.29, 1.82) is 5.41 Å². The number of alkyl halides is 3. The van der Waals surface area contributed by atoms with Crippen LogP contribution < -0.4 is 4.74 Å². The Labute approximate surface area is 182 Å². The number of hydrogen-bond acceptors (Lipinski definition) is 5. The molecule has 2 aromatic heterocycles. The van der Waals surface area contributed by atoms with Crippen molar-refractivity contribution < 1.29 is 17.9 Å². The third kappa shape index (κ3) is 3.58. The van der Waals surface area contributed by atoms with E-state index < -0.39 is 12.8 Å². The molecule has 2 N–H and O–H groups in total. The molecule has 0 radical (unpaired) electrons. The van der Waals surface area contributed by atoms with Crippen molar-refractivity contribution in [3.63, 3.8) is 0 Å². The minimum absolute atomic E-state index is 0.0361. The van der Waals surface area contributed by atoms with E-state index in [0.717, 1.165) is 37.6 Å². The van der Waals surface area contributed by atoms with E-state index in [-0.39, 0.29) is 11.8 Å². The van der Waals surface area contributed by atoms with Crippen LogP contribution in [-0.2, 0) is 0 Å². The number of halogens is 3. The quantitative estimate of drug-likeness (QED) is 0.537. The van der Waals surface area contributed by atoms with E-state index in [9.17, 15) is 13.2 Å². The maximum atomic E-state index is 12.3. The van der Waals surface area contributed by atoms with Crippen LogP contribution in [0.1, 0.15) is 55.2 Å². The van der Waals surface area contributed by atoms with Gasteiger partial charge in [-0.15, -0.1) is 10.2 Å². The average Bonchev–Trinajstić information content (AvgIpc) is 3.18. The van der Waals surface area contributed by atoms with Gasteiger partial charge in [-0.3, -0.25) is 10.1 Å². The average molecular weight is 450 g/mol. The van der Waals surface area contributed by atoms with Crippen LogP contribution in [0.2, 0.25) is 0 Å². The molecule has 0 amide bonds. The molecule has 12 heteroatoms. The lowest BCUT2D eigenvalue weighted by Crippen LogP contribution is -2.67. The van der Waals surface area contributed by atoms with Crippen molar-refractivity contribution in [3.8, 4) is 5.75 Å². The van der Waals surface area contributed by atoms with Gasteiger partial charge in [-0.1, -0.05) is 0 Å². The molecule has 2 aromatic rings. The highest BCUT2D eigenvalue weighted by molar-refractivity contribution is 5.79. The standard InChI is InChI=1S/C20H25F3N8O/c21-20(22,23)11-32-15-5-25-31(8-15)14-6-29(7-14)18(24)30-9-19(10-30)3-13(4-19)17-26-16(27-28-17)12-1-2-12/h5,8,12-14,24H,1-4,6-7,9-11H2,(H,26,27,28). The summed E-state index contributed by atoms with van der Waals surface area (Å²) in [5, 5.41) is 21.2. The first-order valence-electron chi connectivity index (χ1n) is 11.0. The van der Waals surface area contributed by atoms with Crippen LogP contribution in [0.5, 0.6) is 5.75 Å². The monoisotopic (exact) mass is 450 g/mol. The Hall–Kier alpha value is -2.79. The molecule has 0 atom stereocenters. The van der Waals surface area contributed by atoms with E-state index in [1.807, 2.05) is 4.90 Å². The Kier molecular flexibility index (Phi) is 4.25. The SMILES string of the molecule is N=C(N1CC(n2cc(OCC(F)(F)F)cn2)C1)N1CC2(CC(c3nnc(C4CC4)[nH]3)C2)C1. The first-order valence-corrected chi connectivity index (χ1v) is 11.0. The lowest BCUT2D eigenvalue weighted by Gasteiger charge is -2.60. The van der Waals surface area contributed by atoms with Crippen molar-refractivity contribution in [2.24, 2.45) is 5.41 Å². The molecule has 32 heavy (non-hydrogen) atoms. The van der Waals surface area contributed by atoms with Crippen LogP contribution >= 0.6 is 0 Å². The van der Waals surface area contributed by atoms with Crippen LogP contribution in [0.15, 0.2) is 12.4 Å². The number of hydrogen-bond donors (Lipinski definition) is 2. The summed E-state index contributed by atoms with van der Waals surface area (Å²) in [6.45, 7) is 1.70. The zero-order valence-corrected chi connectivity index (χ0v) is 17.5. The maximum absolute atomic E-state index is 12.3. The summed E-state index contributed by atoms with van der Waals surface area (Å²) >= 11 is 0. The smallest absolute Gasteiger partial charge is 0.422 e. The molecular formula is C20H25F3N8O. The van der Waals surface area contributed by atoms with Crippen molar-refractivity contribution in [3.05, 3.63) is 24.0 Å². The molecule has 2 saturated heterocycles. The zero-order valence-electron chi connectivity index (χ0n) is 17.5. The fourth-order valence-electron chi connectivity index (χ4n) is 5.12. The van der Waals surface area contributed by atoms with Gasteiger partial charge in [0.1, 0.15) is 11.6 Å². The number of rotatable bonds is 5. The predicted molar refractivity (Wildman–Crippen MR) is 106 cm³/mol. The third-order valence-electron chi connectivity index (χ3n) is 7.10. The summed E-state index contributed by atoms with van der Waals surface area (Å²) in [7, 11) is 0. The van der Waals surface area contributed by atoms with Crippen molar-refractivity contribution >= 4 is 5.96 Å². The van der Waals surface area contributed by atoms with Crippen molar-refractivity contribution in [1.82, 2.24) is 34.8 Å². The van der Waals surface area contributed by atoms with Crippen LogP contribution in [0.4, 0.5) is 13.2 Å². The van der Waals surface area contributed by atoms with Crippen LogP contribution in [0.25, 0.3) is 0 Å². The van der Waals surface area contributed by atoms with E-state index >= 15 is 0 Å². The molecule has 1 spiro atoms. The highest BCUT2D eigenvalue weighted by Crippen LogP contribution is 2.55. The maximum Gasteiger partial charge on any atom is 0.422 e. The number of nitrogens with zero attached hydrogens (tertiary/aromatic N) is 6. The number of aromatic nitrogens is 5. The second-order valence-corrected chi connectivity index (χ2v) is 9.77. The summed E-state index contributed by atoms with van der Waals surface area (Å²) in [5.74, 6) is 3.73. The molecular weight excluding hydrogens is 425 g/mol. The first-order chi connectivity index (χ1) is 15.3. The van der Waals surface area contributed by atoms with E-state index in [1.54, 1.807) is 4.68 Å². The number of ether oxygens (including phenoxy) is 1. The Morgan fingerprint density at radius 1 is 1.12 bits per heavy atom. The van der Waals surface area contributed by atoms with E-state index in [1.165, 1.54) is 25.2 Å². The summed E-state index contributed by atoms with van der Waals surface area (Å²) in [6.07, 6.45) is 3.03. The molecule has 0 unspecified atom stereocenters. The number of nitrogens with one attached hydrogen (secondary N) is 2. The molecule has 2 aliphatic carbocycles. The van der Waals surface area contributed by atoms with Crippen molar-refractivity contribution in [2.75, 3.05) is 32.8 Å². The summed E-state index contributed by atoms with van der Waals surface area (Å²) < 4.78 is 43.2. The normalized spacial score (nSPS) is 23.1. The molecule has 9 nitrogen and oxygen atoms in total. The second kappa shape index (κ2) is 6.85. The Bertz CT molecular complexity index is 1010. The molecule has 4 heterocycles. The van der Waals surface area contributed by atoms with Gasteiger partial charge in [0.2, 0.25) is 0 Å². The van der Waals surface area contributed by atoms with Gasteiger partial charge in [0.05, 0.1) is 18.4 Å². The van der Waals surface area contributed by atoms with E-state index in [0.29, 0.717) is 36.3 Å². The molecule has 2 saturated carbocycles. The predicted octanol–water partition coefficient (Wildman–Crippen LogP) is 2.49. The number of likely N-dealkylation sites (tertiary alicyclic amines) is 2. The van der Waals surface area contributed by atoms with Gasteiger partial charge in [0, 0.05) is 43.4 Å². The van der Waals surface area contributed by atoms with Gasteiger partial charge in [-0.2, -0.15) is 18.3 Å². The lowest BCUT2D eigenvalue weighted by molar-refractivity contribution is -0.153. The van der Waals surface area contributed by atoms with Crippen LogP contribution in [-0.4, -0.2) is 79.7 Å². The molecule has 172 valence electrons. The summed E-state index contributed by atoms with van der Waals surface area (Å²) in [6, 6.07) is 0.0361. The first kappa shape index (κ1) is 19.9. The molecule has 2 aliphatic heterocycles. The number of H-pyrrole nitrogens is 1. The van der Waals surface area contributed by atoms with E-state index in [4.69, 9.17) is 10.1 Å². The van der Waals surface area contributed by atoms with Gasteiger partial charge in [-0.25, -0.2) is 0 Å². The fourth-order valence-corrected chi connectivity index (χ4v) is 5.12. The van der Waals surface area contributed by atoms with Gasteiger partial charge in [0.15, 0.2) is 18.3 Å². The highest BCUT2D eigenvalue weighted by atomic mass is 19.4. The van der Waals surface area contributed by atoms with E-state index in [2.05, 4.69) is 25.2 Å². The number of guanidine groups is 1. The van der Waals surface area contributed by atoms with Gasteiger partial charge < -0.3 is 19.5 Å². The van der Waals surface area contributed by atoms with Crippen molar-refractivity contribution in [2.45, 2.75) is 49.7 Å². The summed E-state index contributed by atoms with van der Waals surface area (Å²) in [4.78, 5) is 7.49. The molecule has 4 fully saturated rings. The molecule has 6 rings (SSSR count). The Balaban J connectivity index is 0.944. The van der Waals surface area contributed by atoms with Gasteiger partial charge in [-0.05, 0) is 25.7 Å². The minimum Gasteiger partial charge on any atom is -0.481 e. The minimum atomic E-state index is -4.37. The Morgan fingerprint density at radius 3 is 2.47 bits per heavy atom. The molecule has 0 bridgehead atoms. The number of aromatic amines is 1. The topological polar surface area (TPSA) is 99.0 Å². The highest BCUT2D eigenvalue weighted by Gasteiger charge is 2.55. The van der Waals surface area contributed by atoms with Gasteiger partial charge in [0.25, 0.3) is 0 Å². The van der Waals surface area contributed by atoms with Crippen LogP contribution in [0.3, 0.4) is 0 Å². The second-order valence-electron chi connectivity index (χ2n) is 9.77. The third-order valence-corrected chi connectivity index (χ3v) is 7.10. The lowest BCUT2D eigenvalue weighted by atomic mass is 9.57. The largest absolute Gasteiger partial charge is 0.481 e. The van der Waals surface area contributed by atoms with Gasteiger partial charge >= 0.3 is 6.18 Å². The fraction of sp³-hybridized carbons (Fsp3) is 0.700. The zero-order chi connectivity index (χ0) is 22.1. The molecule has 4 aliphatic rings. The Morgan fingerprint density at radius 2 is 1.81 bits per heavy atom.